The lowest BCUT2D eigenvalue weighted by Gasteiger charge is -2.16. The van der Waals surface area contributed by atoms with Gasteiger partial charge in [0.15, 0.2) is 0 Å². The Morgan fingerprint density at radius 1 is 0.455 bits per heavy atom. The van der Waals surface area contributed by atoms with E-state index in [2.05, 4.69) is 13.8 Å². The van der Waals surface area contributed by atoms with Gasteiger partial charge in [-0.25, -0.2) is 0 Å². The Morgan fingerprint density at radius 2 is 0.750 bits per heavy atom. The summed E-state index contributed by atoms with van der Waals surface area (Å²) in [7, 11) is 0. The van der Waals surface area contributed by atoms with Crippen LogP contribution in [0.1, 0.15) is 226 Å². The molecule has 0 saturated heterocycles. The third-order valence-corrected chi connectivity index (χ3v) is 9.18. The standard InChI is InChI=1S/C40H80O4/c1-3-5-7-9-11-13-15-17-19-20-21-23-25-27-29-31-33-35-40(42)44-39(37-41)38-43-36-34-32-30-28-26-24-22-18-16-14-12-10-8-6-4-2/h39,41H,3-38H2,1-2H3. The molecule has 0 aromatic carbocycles. The van der Waals surface area contributed by atoms with E-state index in [0.717, 1.165) is 19.3 Å². The largest absolute Gasteiger partial charge is 0.457 e. The van der Waals surface area contributed by atoms with E-state index in [1.165, 1.54) is 186 Å². The molecule has 1 atom stereocenters. The number of rotatable bonds is 38. The van der Waals surface area contributed by atoms with Gasteiger partial charge in [-0.15, -0.1) is 0 Å². The van der Waals surface area contributed by atoms with E-state index in [4.69, 9.17) is 9.47 Å². The summed E-state index contributed by atoms with van der Waals surface area (Å²) in [6.07, 6.45) is 42.9. The third kappa shape index (κ3) is 35.9. The van der Waals surface area contributed by atoms with Gasteiger partial charge in [0, 0.05) is 13.0 Å². The number of esters is 1. The summed E-state index contributed by atoms with van der Waals surface area (Å²) in [6.45, 7) is 5.40. The van der Waals surface area contributed by atoms with Crippen molar-refractivity contribution in [1.29, 1.82) is 0 Å². The van der Waals surface area contributed by atoms with Crippen LogP contribution in [0.2, 0.25) is 0 Å². The number of carbonyl (C=O) groups excluding carboxylic acids is 1. The van der Waals surface area contributed by atoms with E-state index < -0.39 is 6.10 Å². The average molecular weight is 625 g/mol. The topological polar surface area (TPSA) is 55.8 Å². The molecule has 0 amide bonds. The average Bonchev–Trinajstić information content (AvgIpc) is 3.03. The summed E-state index contributed by atoms with van der Waals surface area (Å²) in [5, 5.41) is 9.57. The van der Waals surface area contributed by atoms with Crippen LogP contribution >= 0.6 is 0 Å². The highest BCUT2D eigenvalue weighted by atomic mass is 16.6. The highest BCUT2D eigenvalue weighted by Crippen LogP contribution is 2.16. The van der Waals surface area contributed by atoms with E-state index in [9.17, 15) is 9.90 Å². The van der Waals surface area contributed by atoms with Crippen LogP contribution in [0, 0.1) is 0 Å². The van der Waals surface area contributed by atoms with Crippen molar-refractivity contribution < 1.29 is 19.4 Å². The van der Waals surface area contributed by atoms with Crippen LogP contribution in [-0.4, -0.2) is 37.0 Å². The Balaban J connectivity index is 3.36. The molecule has 0 aromatic rings. The molecular formula is C40H80O4. The molecule has 4 nitrogen and oxygen atoms in total. The SMILES string of the molecule is CCCCCCCCCCCCCCCCCCCC(=O)OC(CO)COCCCCCCCCCCCCCCCCC. The van der Waals surface area contributed by atoms with Crippen LogP contribution in [0.5, 0.6) is 0 Å². The molecule has 0 aliphatic carbocycles. The number of ether oxygens (including phenoxy) is 2. The molecule has 0 aromatic heterocycles. The Bertz CT molecular complexity index is 537. The molecule has 264 valence electrons. The maximum atomic E-state index is 12.2. The molecule has 0 heterocycles. The molecule has 4 heteroatoms. The van der Waals surface area contributed by atoms with Crippen molar-refractivity contribution >= 4 is 5.97 Å². The number of aliphatic hydroxyl groups excluding tert-OH is 1. The summed E-state index contributed by atoms with van der Waals surface area (Å²) >= 11 is 0. The molecule has 1 N–H and O–H groups in total. The first-order valence-corrected chi connectivity index (χ1v) is 20.1. The molecule has 0 aliphatic heterocycles. The quantitative estimate of drug-likeness (QED) is 0.0548. The van der Waals surface area contributed by atoms with Gasteiger partial charge in [0.25, 0.3) is 0 Å². The Kier molecular flexibility index (Phi) is 38.0. The van der Waals surface area contributed by atoms with Crippen molar-refractivity contribution in [2.24, 2.45) is 0 Å². The van der Waals surface area contributed by atoms with Gasteiger partial charge in [0.2, 0.25) is 0 Å². The molecule has 0 rings (SSSR count). The smallest absolute Gasteiger partial charge is 0.306 e. The normalized spacial score (nSPS) is 12.2. The van der Waals surface area contributed by atoms with Crippen molar-refractivity contribution in [3.05, 3.63) is 0 Å². The minimum Gasteiger partial charge on any atom is -0.457 e. The van der Waals surface area contributed by atoms with E-state index >= 15 is 0 Å². The number of hydrogen-bond donors (Lipinski definition) is 1. The summed E-state index contributed by atoms with van der Waals surface area (Å²) < 4.78 is 11.1. The summed E-state index contributed by atoms with van der Waals surface area (Å²) in [5.41, 5.74) is 0. The van der Waals surface area contributed by atoms with E-state index in [0.29, 0.717) is 19.6 Å². The molecule has 0 saturated carbocycles. The second kappa shape index (κ2) is 38.6. The molecule has 0 spiro atoms. The Morgan fingerprint density at radius 3 is 1.07 bits per heavy atom. The van der Waals surface area contributed by atoms with E-state index in [1.807, 2.05) is 0 Å². The van der Waals surface area contributed by atoms with Gasteiger partial charge in [0.1, 0.15) is 6.10 Å². The number of aliphatic hydroxyl groups is 1. The lowest BCUT2D eigenvalue weighted by molar-refractivity contribution is -0.154. The van der Waals surface area contributed by atoms with Gasteiger partial charge in [-0.2, -0.15) is 0 Å². The van der Waals surface area contributed by atoms with Crippen LogP contribution in [0.3, 0.4) is 0 Å². The molecule has 0 bridgehead atoms. The molecular weight excluding hydrogens is 544 g/mol. The zero-order chi connectivity index (χ0) is 32.0. The number of carbonyl (C=O) groups is 1. The van der Waals surface area contributed by atoms with E-state index in [1.54, 1.807) is 0 Å². The number of unbranched alkanes of at least 4 members (excludes halogenated alkanes) is 30. The fourth-order valence-corrected chi connectivity index (χ4v) is 6.15. The number of hydrogen-bond acceptors (Lipinski definition) is 4. The lowest BCUT2D eigenvalue weighted by atomic mass is 10.0. The fraction of sp³-hybridized carbons (Fsp3) is 0.975. The molecule has 0 fully saturated rings. The minimum atomic E-state index is -0.523. The van der Waals surface area contributed by atoms with Crippen molar-refractivity contribution in [1.82, 2.24) is 0 Å². The highest BCUT2D eigenvalue weighted by Gasteiger charge is 2.13. The Hall–Kier alpha value is -0.610. The van der Waals surface area contributed by atoms with Crippen molar-refractivity contribution in [3.8, 4) is 0 Å². The van der Waals surface area contributed by atoms with Crippen molar-refractivity contribution in [2.45, 2.75) is 232 Å². The summed E-state index contributed by atoms with van der Waals surface area (Å²) in [4.78, 5) is 12.2. The Labute approximate surface area is 276 Å². The van der Waals surface area contributed by atoms with Crippen molar-refractivity contribution in [2.75, 3.05) is 19.8 Å². The fourth-order valence-electron chi connectivity index (χ4n) is 6.15. The zero-order valence-corrected chi connectivity index (χ0v) is 30.2. The molecule has 0 aliphatic rings. The highest BCUT2D eigenvalue weighted by molar-refractivity contribution is 5.69. The molecule has 0 radical (unpaired) electrons. The van der Waals surface area contributed by atoms with Gasteiger partial charge in [-0.3, -0.25) is 4.79 Å². The summed E-state index contributed by atoms with van der Waals surface area (Å²) in [6, 6.07) is 0. The second-order valence-electron chi connectivity index (χ2n) is 13.7. The van der Waals surface area contributed by atoms with Crippen LogP contribution in [-0.2, 0) is 14.3 Å². The molecule has 44 heavy (non-hydrogen) atoms. The second-order valence-corrected chi connectivity index (χ2v) is 13.7. The molecule has 1 unspecified atom stereocenters. The van der Waals surface area contributed by atoms with Crippen LogP contribution in [0.15, 0.2) is 0 Å². The maximum Gasteiger partial charge on any atom is 0.306 e. The van der Waals surface area contributed by atoms with Crippen LogP contribution in [0.4, 0.5) is 0 Å². The van der Waals surface area contributed by atoms with Gasteiger partial charge in [0.05, 0.1) is 13.2 Å². The minimum absolute atomic E-state index is 0.163. The monoisotopic (exact) mass is 625 g/mol. The predicted octanol–water partition coefficient (Wildman–Crippen LogP) is 12.8. The van der Waals surface area contributed by atoms with Crippen molar-refractivity contribution in [3.63, 3.8) is 0 Å². The zero-order valence-electron chi connectivity index (χ0n) is 30.2. The van der Waals surface area contributed by atoms with Gasteiger partial charge in [-0.1, -0.05) is 206 Å². The first kappa shape index (κ1) is 43.4. The first-order valence-electron chi connectivity index (χ1n) is 20.1. The van der Waals surface area contributed by atoms with E-state index in [-0.39, 0.29) is 12.6 Å². The van der Waals surface area contributed by atoms with Gasteiger partial charge in [-0.05, 0) is 12.8 Å². The van der Waals surface area contributed by atoms with Gasteiger partial charge < -0.3 is 14.6 Å². The summed E-state index contributed by atoms with van der Waals surface area (Å²) in [5.74, 6) is -0.194. The lowest BCUT2D eigenvalue weighted by Crippen LogP contribution is -2.27. The van der Waals surface area contributed by atoms with Crippen LogP contribution < -0.4 is 0 Å². The van der Waals surface area contributed by atoms with Gasteiger partial charge >= 0.3 is 5.97 Å². The van der Waals surface area contributed by atoms with Crippen LogP contribution in [0.25, 0.3) is 0 Å². The third-order valence-electron chi connectivity index (χ3n) is 9.18. The maximum absolute atomic E-state index is 12.2. The predicted molar refractivity (Wildman–Crippen MR) is 191 cm³/mol. The first-order chi connectivity index (χ1) is 21.7.